The molecule has 0 amide bonds. The maximum atomic E-state index is 6.24. The maximum absolute atomic E-state index is 6.24. The van der Waals surface area contributed by atoms with Crippen LogP contribution in [0.2, 0.25) is 5.02 Å². The first-order chi connectivity index (χ1) is 9.54. The van der Waals surface area contributed by atoms with Crippen LogP contribution in [0.4, 0.5) is 0 Å². The molecule has 106 valence electrons. The molecule has 0 fully saturated rings. The molecule has 1 unspecified atom stereocenters. The lowest BCUT2D eigenvalue weighted by atomic mass is 9.93. The summed E-state index contributed by atoms with van der Waals surface area (Å²) >= 11 is 6.24. The third-order valence-corrected chi connectivity index (χ3v) is 4.26. The first-order valence-electron chi connectivity index (χ1n) is 7.06. The Hall–Kier alpha value is -1.31. The molecule has 0 saturated heterocycles. The van der Waals surface area contributed by atoms with Gasteiger partial charge in [-0.25, -0.2) is 0 Å². The average molecular weight is 288 g/mol. The van der Waals surface area contributed by atoms with Gasteiger partial charge in [0, 0.05) is 5.02 Å². The quantitative estimate of drug-likeness (QED) is 0.827. The highest BCUT2D eigenvalue weighted by Crippen LogP contribution is 2.29. The van der Waals surface area contributed by atoms with Crippen molar-refractivity contribution in [2.24, 2.45) is 0 Å². The highest BCUT2D eigenvalue weighted by Gasteiger charge is 2.15. The second-order valence-corrected chi connectivity index (χ2v) is 5.90. The van der Waals surface area contributed by atoms with Crippen LogP contribution in [-0.4, -0.2) is 7.05 Å². The number of benzene rings is 2. The molecule has 0 spiro atoms. The molecule has 0 aliphatic carbocycles. The minimum absolute atomic E-state index is 0.176. The minimum atomic E-state index is 0.176. The molecule has 2 aromatic carbocycles. The minimum Gasteiger partial charge on any atom is -0.309 e. The van der Waals surface area contributed by atoms with Crippen LogP contribution in [0.5, 0.6) is 0 Å². The standard InChI is InChI=1S/C18H22ClN/c1-12(2)14-8-10-15(11-9-14)18(20-4)16-6-5-7-17(19)13(16)3/h5-12,18,20H,1-4H3. The Kier molecular flexibility index (Phi) is 4.85. The van der Waals surface area contributed by atoms with E-state index in [4.69, 9.17) is 11.6 Å². The monoisotopic (exact) mass is 287 g/mol. The largest absolute Gasteiger partial charge is 0.309 e. The van der Waals surface area contributed by atoms with Crippen molar-refractivity contribution in [2.45, 2.75) is 32.7 Å². The number of nitrogens with one attached hydrogen (secondary N) is 1. The van der Waals surface area contributed by atoms with Crippen molar-refractivity contribution in [3.05, 3.63) is 69.7 Å². The van der Waals surface area contributed by atoms with E-state index in [1.807, 2.05) is 19.2 Å². The summed E-state index contributed by atoms with van der Waals surface area (Å²) in [6, 6.07) is 15.1. The van der Waals surface area contributed by atoms with Crippen molar-refractivity contribution >= 4 is 11.6 Å². The number of halogens is 1. The smallest absolute Gasteiger partial charge is 0.0577 e. The molecule has 20 heavy (non-hydrogen) atoms. The molecule has 0 bridgehead atoms. The highest BCUT2D eigenvalue weighted by molar-refractivity contribution is 6.31. The number of hydrogen-bond donors (Lipinski definition) is 1. The Morgan fingerprint density at radius 2 is 1.55 bits per heavy atom. The first kappa shape index (κ1) is 15.1. The van der Waals surface area contributed by atoms with Gasteiger partial charge in [-0.1, -0.05) is 61.8 Å². The zero-order valence-electron chi connectivity index (χ0n) is 12.6. The Bertz CT molecular complexity index is 572. The summed E-state index contributed by atoms with van der Waals surface area (Å²) in [5.41, 5.74) is 5.01. The van der Waals surface area contributed by atoms with Gasteiger partial charge in [0.05, 0.1) is 6.04 Å². The molecule has 2 rings (SSSR count). The van der Waals surface area contributed by atoms with Crippen LogP contribution in [0.15, 0.2) is 42.5 Å². The zero-order valence-corrected chi connectivity index (χ0v) is 13.3. The third-order valence-electron chi connectivity index (χ3n) is 3.85. The van der Waals surface area contributed by atoms with Crippen molar-refractivity contribution < 1.29 is 0 Å². The summed E-state index contributed by atoms with van der Waals surface area (Å²) in [6.07, 6.45) is 0. The van der Waals surface area contributed by atoms with Gasteiger partial charge in [0.25, 0.3) is 0 Å². The summed E-state index contributed by atoms with van der Waals surface area (Å²) in [6.45, 7) is 6.50. The van der Waals surface area contributed by atoms with Crippen LogP contribution in [0.25, 0.3) is 0 Å². The van der Waals surface area contributed by atoms with Gasteiger partial charge in [0.15, 0.2) is 0 Å². The lowest BCUT2D eigenvalue weighted by molar-refractivity contribution is 0.686. The summed E-state index contributed by atoms with van der Waals surface area (Å²) in [5.74, 6) is 0.560. The summed E-state index contributed by atoms with van der Waals surface area (Å²) < 4.78 is 0. The molecule has 2 aromatic rings. The SMILES string of the molecule is CNC(c1ccc(C(C)C)cc1)c1cccc(Cl)c1C. The fraction of sp³-hybridized carbons (Fsp3) is 0.333. The van der Waals surface area contributed by atoms with E-state index in [9.17, 15) is 0 Å². The van der Waals surface area contributed by atoms with Gasteiger partial charge in [-0.15, -0.1) is 0 Å². The van der Waals surface area contributed by atoms with E-state index in [2.05, 4.69) is 56.4 Å². The van der Waals surface area contributed by atoms with Crippen LogP contribution >= 0.6 is 11.6 Å². The first-order valence-corrected chi connectivity index (χ1v) is 7.44. The molecule has 0 aliphatic heterocycles. The van der Waals surface area contributed by atoms with Crippen molar-refractivity contribution in [2.75, 3.05) is 7.05 Å². The van der Waals surface area contributed by atoms with Crippen LogP contribution in [-0.2, 0) is 0 Å². The molecule has 0 heterocycles. The number of hydrogen-bond acceptors (Lipinski definition) is 1. The van der Waals surface area contributed by atoms with Crippen LogP contribution in [0, 0.1) is 6.92 Å². The van der Waals surface area contributed by atoms with E-state index < -0.39 is 0 Å². The van der Waals surface area contributed by atoms with Crippen molar-refractivity contribution in [1.82, 2.24) is 5.32 Å². The topological polar surface area (TPSA) is 12.0 Å². The van der Waals surface area contributed by atoms with E-state index in [-0.39, 0.29) is 6.04 Å². The Balaban J connectivity index is 2.39. The molecular weight excluding hydrogens is 266 g/mol. The molecule has 2 heteroatoms. The molecule has 0 saturated carbocycles. The predicted octanol–water partition coefficient (Wildman–Crippen LogP) is 5.08. The Labute approximate surface area is 127 Å². The van der Waals surface area contributed by atoms with Gasteiger partial charge in [0.1, 0.15) is 0 Å². The van der Waals surface area contributed by atoms with Gasteiger partial charge in [0.2, 0.25) is 0 Å². The average Bonchev–Trinajstić information content (AvgIpc) is 2.45. The second kappa shape index (κ2) is 6.43. The lowest BCUT2D eigenvalue weighted by Gasteiger charge is -2.20. The van der Waals surface area contributed by atoms with Crippen molar-refractivity contribution in [3.63, 3.8) is 0 Å². The Morgan fingerprint density at radius 3 is 2.10 bits per heavy atom. The third kappa shape index (κ3) is 3.05. The molecule has 0 radical (unpaired) electrons. The van der Waals surface area contributed by atoms with Gasteiger partial charge in [-0.2, -0.15) is 0 Å². The molecule has 1 N–H and O–H groups in total. The second-order valence-electron chi connectivity index (χ2n) is 5.50. The maximum Gasteiger partial charge on any atom is 0.0577 e. The van der Waals surface area contributed by atoms with E-state index in [0.29, 0.717) is 5.92 Å². The Morgan fingerprint density at radius 1 is 0.950 bits per heavy atom. The van der Waals surface area contributed by atoms with Gasteiger partial charge in [-0.3, -0.25) is 0 Å². The van der Waals surface area contributed by atoms with Crippen LogP contribution in [0.1, 0.15) is 48.1 Å². The molecule has 1 atom stereocenters. The van der Waals surface area contributed by atoms with Crippen molar-refractivity contribution in [1.29, 1.82) is 0 Å². The molecule has 0 aromatic heterocycles. The molecule has 1 nitrogen and oxygen atoms in total. The van der Waals surface area contributed by atoms with E-state index >= 15 is 0 Å². The van der Waals surface area contributed by atoms with E-state index in [1.165, 1.54) is 16.7 Å². The summed E-state index contributed by atoms with van der Waals surface area (Å²) in [4.78, 5) is 0. The summed E-state index contributed by atoms with van der Waals surface area (Å²) in [5, 5.41) is 4.21. The van der Waals surface area contributed by atoms with Gasteiger partial charge >= 0.3 is 0 Å². The fourth-order valence-electron chi connectivity index (χ4n) is 2.51. The van der Waals surface area contributed by atoms with E-state index in [1.54, 1.807) is 0 Å². The van der Waals surface area contributed by atoms with Crippen LogP contribution < -0.4 is 5.32 Å². The van der Waals surface area contributed by atoms with Gasteiger partial charge in [-0.05, 0) is 48.2 Å². The normalized spacial score (nSPS) is 12.7. The summed E-state index contributed by atoms with van der Waals surface area (Å²) in [7, 11) is 1.99. The van der Waals surface area contributed by atoms with Crippen molar-refractivity contribution in [3.8, 4) is 0 Å². The fourth-order valence-corrected chi connectivity index (χ4v) is 2.69. The van der Waals surface area contributed by atoms with Crippen LogP contribution in [0.3, 0.4) is 0 Å². The molecular formula is C18H22ClN. The lowest BCUT2D eigenvalue weighted by Crippen LogP contribution is -2.18. The predicted molar refractivity (Wildman–Crippen MR) is 87.6 cm³/mol. The van der Waals surface area contributed by atoms with E-state index in [0.717, 1.165) is 10.6 Å². The zero-order chi connectivity index (χ0) is 14.7. The van der Waals surface area contributed by atoms with Gasteiger partial charge < -0.3 is 5.32 Å². The number of rotatable bonds is 4. The molecule has 0 aliphatic rings. The highest BCUT2D eigenvalue weighted by atomic mass is 35.5.